The lowest BCUT2D eigenvalue weighted by molar-refractivity contribution is 0.599. The van der Waals surface area contributed by atoms with Crippen LogP contribution in [0.2, 0.25) is 0 Å². The Morgan fingerprint density at radius 3 is 2.94 bits per heavy atom. The van der Waals surface area contributed by atoms with Gasteiger partial charge in [-0.25, -0.2) is 14.4 Å². The van der Waals surface area contributed by atoms with Crippen molar-refractivity contribution in [3.8, 4) is 11.3 Å². The van der Waals surface area contributed by atoms with Crippen LogP contribution >= 0.6 is 0 Å². The van der Waals surface area contributed by atoms with Crippen LogP contribution in [0.25, 0.3) is 22.2 Å². The summed E-state index contributed by atoms with van der Waals surface area (Å²) >= 11 is 0. The van der Waals surface area contributed by atoms with Crippen molar-refractivity contribution in [3.63, 3.8) is 0 Å². The van der Waals surface area contributed by atoms with Crippen LogP contribution < -0.4 is 5.73 Å². The highest BCUT2D eigenvalue weighted by Crippen LogP contribution is 2.29. The lowest BCUT2D eigenvalue weighted by Crippen LogP contribution is -1.97. The largest absolute Gasteiger partial charge is 0.464 e. The average Bonchev–Trinajstić information content (AvgIpc) is 2.75. The van der Waals surface area contributed by atoms with Crippen LogP contribution in [-0.4, -0.2) is 9.97 Å². The molecule has 0 aliphatic heterocycles. The van der Waals surface area contributed by atoms with Crippen molar-refractivity contribution < 1.29 is 8.81 Å². The number of rotatable bonds is 1. The first kappa shape index (κ1) is 10.7. The topological polar surface area (TPSA) is 64.9 Å². The quantitative estimate of drug-likeness (QED) is 0.713. The number of furan rings is 1. The number of halogens is 1. The molecule has 4 nitrogen and oxygen atoms in total. The fraction of sp³-hybridized carbons (Fsp3) is 0.0769. The van der Waals surface area contributed by atoms with Crippen molar-refractivity contribution in [2.45, 2.75) is 6.92 Å². The second-order valence-electron chi connectivity index (χ2n) is 4.02. The van der Waals surface area contributed by atoms with E-state index in [1.165, 1.54) is 12.1 Å². The number of aryl methyl sites for hydroxylation is 1. The molecule has 0 amide bonds. The fourth-order valence-corrected chi connectivity index (χ4v) is 1.82. The molecular weight excluding hydrogens is 233 g/mol. The molecule has 18 heavy (non-hydrogen) atoms. The van der Waals surface area contributed by atoms with E-state index in [1.54, 1.807) is 25.5 Å². The van der Waals surface area contributed by atoms with Crippen LogP contribution in [-0.2, 0) is 0 Å². The monoisotopic (exact) mass is 243 g/mol. The first-order valence-electron chi connectivity index (χ1n) is 5.41. The van der Waals surface area contributed by atoms with Gasteiger partial charge in [0.15, 0.2) is 0 Å². The standard InChI is InChI=1S/C13H10FN3O/c1-7-13(15)16-5-11(17-7)10-6-18-12-4-8(14)2-3-9(10)12/h2-6H,1H3,(H2,15,16). The van der Waals surface area contributed by atoms with Gasteiger partial charge in [0.2, 0.25) is 0 Å². The zero-order valence-electron chi connectivity index (χ0n) is 9.64. The maximum absolute atomic E-state index is 13.1. The minimum absolute atomic E-state index is 0.331. The van der Waals surface area contributed by atoms with Crippen LogP contribution in [0, 0.1) is 12.7 Å². The molecule has 3 aromatic rings. The maximum atomic E-state index is 13.1. The summed E-state index contributed by atoms with van der Waals surface area (Å²) in [6.45, 7) is 1.79. The first-order valence-corrected chi connectivity index (χ1v) is 5.41. The highest BCUT2D eigenvalue weighted by atomic mass is 19.1. The molecule has 0 spiro atoms. The second kappa shape index (κ2) is 3.80. The SMILES string of the molecule is Cc1nc(-c2coc3cc(F)ccc23)cnc1N. The van der Waals surface area contributed by atoms with Crippen LogP contribution in [0.4, 0.5) is 10.2 Å². The Labute approximate surface area is 102 Å². The molecule has 3 rings (SSSR count). The first-order chi connectivity index (χ1) is 8.65. The van der Waals surface area contributed by atoms with Gasteiger partial charge in [-0.15, -0.1) is 0 Å². The summed E-state index contributed by atoms with van der Waals surface area (Å²) in [5, 5.41) is 0.801. The van der Waals surface area contributed by atoms with Gasteiger partial charge in [-0.1, -0.05) is 0 Å². The summed E-state index contributed by atoms with van der Waals surface area (Å²) < 4.78 is 18.4. The number of fused-ring (bicyclic) bond motifs is 1. The minimum Gasteiger partial charge on any atom is -0.464 e. The number of nitrogen functional groups attached to an aromatic ring is 1. The van der Waals surface area contributed by atoms with Crippen molar-refractivity contribution in [1.82, 2.24) is 9.97 Å². The van der Waals surface area contributed by atoms with E-state index < -0.39 is 0 Å². The van der Waals surface area contributed by atoms with E-state index in [1.807, 2.05) is 0 Å². The van der Waals surface area contributed by atoms with E-state index in [9.17, 15) is 4.39 Å². The van der Waals surface area contributed by atoms with Crippen molar-refractivity contribution in [2.75, 3.05) is 5.73 Å². The molecule has 0 radical (unpaired) electrons. The third-order valence-electron chi connectivity index (χ3n) is 2.80. The van der Waals surface area contributed by atoms with Gasteiger partial charge in [-0.05, 0) is 19.1 Å². The van der Waals surface area contributed by atoms with Gasteiger partial charge in [0.1, 0.15) is 23.5 Å². The predicted molar refractivity (Wildman–Crippen MR) is 66.3 cm³/mol. The van der Waals surface area contributed by atoms with Gasteiger partial charge < -0.3 is 10.2 Å². The number of hydrogen-bond donors (Lipinski definition) is 1. The highest BCUT2D eigenvalue weighted by molar-refractivity contribution is 5.92. The van der Waals surface area contributed by atoms with Crippen LogP contribution in [0.5, 0.6) is 0 Å². The summed E-state index contributed by atoms with van der Waals surface area (Å²) in [7, 11) is 0. The highest BCUT2D eigenvalue weighted by Gasteiger charge is 2.11. The Kier molecular flexibility index (Phi) is 2.26. The van der Waals surface area contributed by atoms with Crippen LogP contribution in [0.1, 0.15) is 5.69 Å². The van der Waals surface area contributed by atoms with E-state index in [4.69, 9.17) is 10.2 Å². The predicted octanol–water partition coefficient (Wildman–Crippen LogP) is 2.92. The van der Waals surface area contributed by atoms with E-state index in [-0.39, 0.29) is 5.82 Å². The molecule has 0 saturated heterocycles. The summed E-state index contributed by atoms with van der Waals surface area (Å²) in [6.07, 6.45) is 3.12. The molecule has 2 aromatic heterocycles. The number of aromatic nitrogens is 2. The van der Waals surface area contributed by atoms with Gasteiger partial charge in [-0.2, -0.15) is 0 Å². The third kappa shape index (κ3) is 1.60. The molecule has 2 N–H and O–H groups in total. The van der Waals surface area contributed by atoms with E-state index in [2.05, 4.69) is 9.97 Å². The Hall–Kier alpha value is -2.43. The summed E-state index contributed by atoms with van der Waals surface area (Å²) in [6, 6.07) is 4.40. The normalized spacial score (nSPS) is 11.0. The van der Waals surface area contributed by atoms with Crippen molar-refractivity contribution in [1.29, 1.82) is 0 Å². The lowest BCUT2D eigenvalue weighted by Gasteiger charge is -2.01. The van der Waals surface area contributed by atoms with Gasteiger partial charge >= 0.3 is 0 Å². The average molecular weight is 243 g/mol. The Morgan fingerprint density at radius 2 is 2.17 bits per heavy atom. The summed E-state index contributed by atoms with van der Waals surface area (Å²) in [4.78, 5) is 8.41. The Bertz CT molecular complexity index is 736. The van der Waals surface area contributed by atoms with Crippen molar-refractivity contribution in [3.05, 3.63) is 42.2 Å². The molecule has 90 valence electrons. The third-order valence-corrected chi connectivity index (χ3v) is 2.80. The number of hydrogen-bond acceptors (Lipinski definition) is 4. The molecule has 0 aliphatic carbocycles. The van der Waals surface area contributed by atoms with Crippen molar-refractivity contribution >= 4 is 16.8 Å². The van der Waals surface area contributed by atoms with E-state index in [0.717, 1.165) is 10.9 Å². The smallest absolute Gasteiger partial charge is 0.144 e. The molecule has 0 fully saturated rings. The molecule has 2 heterocycles. The Morgan fingerprint density at radius 1 is 1.33 bits per heavy atom. The van der Waals surface area contributed by atoms with Gasteiger partial charge in [-0.3, -0.25) is 0 Å². The molecule has 1 aromatic carbocycles. The number of nitrogens with zero attached hydrogens (tertiary/aromatic N) is 2. The number of benzene rings is 1. The summed E-state index contributed by atoms with van der Waals surface area (Å²) in [5.41, 5.74) is 8.21. The number of anilines is 1. The fourth-order valence-electron chi connectivity index (χ4n) is 1.82. The maximum Gasteiger partial charge on any atom is 0.144 e. The van der Waals surface area contributed by atoms with Gasteiger partial charge in [0, 0.05) is 17.0 Å². The van der Waals surface area contributed by atoms with Crippen LogP contribution in [0.3, 0.4) is 0 Å². The molecular formula is C13H10FN3O. The molecule has 0 atom stereocenters. The Balaban J connectivity index is 2.22. The summed E-state index contributed by atoms with van der Waals surface area (Å²) in [5.74, 6) is 0.0700. The molecule has 5 heteroatoms. The number of nitrogens with two attached hydrogens (primary N) is 1. The van der Waals surface area contributed by atoms with E-state index in [0.29, 0.717) is 22.8 Å². The molecule has 0 unspecified atom stereocenters. The lowest BCUT2D eigenvalue weighted by atomic mass is 10.1. The molecule has 0 aliphatic rings. The second-order valence-corrected chi connectivity index (χ2v) is 4.02. The zero-order valence-corrected chi connectivity index (χ0v) is 9.64. The minimum atomic E-state index is -0.331. The zero-order chi connectivity index (χ0) is 12.7. The van der Waals surface area contributed by atoms with Crippen molar-refractivity contribution in [2.24, 2.45) is 0 Å². The molecule has 0 bridgehead atoms. The van der Waals surface area contributed by atoms with E-state index >= 15 is 0 Å². The molecule has 0 saturated carbocycles. The van der Waals surface area contributed by atoms with Gasteiger partial charge in [0.05, 0.1) is 17.6 Å². The van der Waals surface area contributed by atoms with Gasteiger partial charge in [0.25, 0.3) is 0 Å². The van der Waals surface area contributed by atoms with Crippen LogP contribution in [0.15, 0.2) is 35.1 Å².